The number of unbranched alkanes of at least 4 members (excludes halogenated alkanes) is 3. The molecule has 0 fully saturated rings. The van der Waals surface area contributed by atoms with Crippen LogP contribution >= 0.6 is 0 Å². The first kappa shape index (κ1) is 13.5. The minimum Gasteiger partial charge on any atom is -1.00 e. The maximum absolute atomic E-state index is 5.18. The maximum Gasteiger partial charge on any atom is 1.00 e. The van der Waals surface area contributed by atoms with Crippen LogP contribution in [0.15, 0.2) is 0 Å². The monoisotopic (exact) mass is 154 g/mol. The van der Waals surface area contributed by atoms with E-state index < -0.39 is 0 Å². The average molecular weight is 154 g/mol. The van der Waals surface area contributed by atoms with Crippen LogP contribution in [0.5, 0.6) is 0 Å². The van der Waals surface area contributed by atoms with Crippen LogP contribution in [0.4, 0.5) is 0 Å². The van der Waals surface area contributed by atoms with Gasteiger partial charge < -0.3 is 6.16 Å². The summed E-state index contributed by atoms with van der Waals surface area (Å²) in [5.74, 6) is 0. The van der Waals surface area contributed by atoms with Crippen LogP contribution in [-0.4, -0.2) is 13.2 Å². The van der Waals surface area contributed by atoms with Gasteiger partial charge in [-0.2, -0.15) is 0 Å². The topological polar surface area (TPSA) is 9.23 Å². The van der Waals surface area contributed by atoms with Gasteiger partial charge in [0.05, 0.1) is 0 Å². The van der Waals surface area contributed by atoms with E-state index >= 15 is 0 Å². The van der Waals surface area contributed by atoms with Crippen molar-refractivity contribution in [2.24, 2.45) is 0 Å². The molecule has 2 heteroatoms. The molecule has 0 heterocycles. The van der Waals surface area contributed by atoms with E-state index in [4.69, 9.17) is 4.74 Å². The number of rotatable bonds is 6. The van der Waals surface area contributed by atoms with Gasteiger partial charge in [0.15, 0.2) is 0 Å². The summed E-state index contributed by atoms with van der Waals surface area (Å²) in [5.41, 5.74) is 0. The Morgan fingerprint density at radius 1 is 1.10 bits per heavy atom. The van der Waals surface area contributed by atoms with Crippen LogP contribution in [0.2, 0.25) is 0 Å². The molecule has 0 aromatic heterocycles. The van der Waals surface area contributed by atoms with Gasteiger partial charge >= 0.3 is 29.6 Å². The summed E-state index contributed by atoms with van der Waals surface area (Å²) < 4.78 is 5.18. The van der Waals surface area contributed by atoms with E-state index in [9.17, 15) is 0 Å². The molecule has 0 aromatic carbocycles. The molecule has 0 radical (unpaired) electrons. The Hall–Kier alpha value is 0.960. The van der Waals surface area contributed by atoms with Gasteiger partial charge in [-0.15, -0.1) is 0 Å². The number of hydrogen-bond donors (Lipinski definition) is 0. The second-order valence-corrected chi connectivity index (χ2v) is 2.26. The first-order valence-electron chi connectivity index (χ1n) is 3.99. The van der Waals surface area contributed by atoms with E-state index in [-0.39, 0.29) is 31.0 Å². The van der Waals surface area contributed by atoms with Crippen LogP contribution in [0, 0.1) is 0 Å². The van der Waals surface area contributed by atoms with Crippen molar-refractivity contribution in [3.8, 4) is 0 Å². The van der Waals surface area contributed by atoms with E-state index in [2.05, 4.69) is 6.92 Å². The second kappa shape index (κ2) is 12.6. The van der Waals surface area contributed by atoms with E-state index in [1.165, 1.54) is 25.7 Å². The van der Waals surface area contributed by atoms with Crippen molar-refractivity contribution in [2.75, 3.05) is 13.2 Å². The molecule has 0 saturated carbocycles. The fourth-order valence-corrected chi connectivity index (χ4v) is 0.775. The average Bonchev–Trinajstić information content (AvgIpc) is 1.89. The Morgan fingerprint density at radius 3 is 2.30 bits per heavy atom. The molecule has 0 unspecified atom stereocenters. The molecule has 0 saturated heterocycles. The molecule has 0 N–H and O–H groups in total. The molecule has 0 aliphatic carbocycles. The van der Waals surface area contributed by atoms with Crippen molar-refractivity contribution in [3.05, 3.63) is 0 Å². The van der Waals surface area contributed by atoms with E-state index in [0.29, 0.717) is 0 Å². The maximum atomic E-state index is 5.18. The van der Waals surface area contributed by atoms with Gasteiger partial charge in [-0.3, -0.25) is 0 Å². The third-order valence-corrected chi connectivity index (χ3v) is 1.35. The summed E-state index contributed by atoms with van der Waals surface area (Å²) in [4.78, 5) is 0. The Kier molecular flexibility index (Phi) is 17.1. The van der Waals surface area contributed by atoms with Gasteiger partial charge in [0.2, 0.25) is 0 Å². The number of ether oxygens (including phenoxy) is 1. The van der Waals surface area contributed by atoms with Crippen molar-refractivity contribution in [3.63, 3.8) is 0 Å². The molecular formula is C8H19NaO. The summed E-state index contributed by atoms with van der Waals surface area (Å²) in [5, 5.41) is 0. The molecular weight excluding hydrogens is 135 g/mol. The van der Waals surface area contributed by atoms with Crippen molar-refractivity contribution in [1.29, 1.82) is 0 Å². The summed E-state index contributed by atoms with van der Waals surface area (Å²) in [6.07, 6.45) is 5.23. The zero-order chi connectivity index (χ0) is 6.95. The van der Waals surface area contributed by atoms with Crippen molar-refractivity contribution >= 4 is 0 Å². The van der Waals surface area contributed by atoms with Gasteiger partial charge in [0.25, 0.3) is 0 Å². The third kappa shape index (κ3) is 11.7. The van der Waals surface area contributed by atoms with Gasteiger partial charge in [-0.25, -0.2) is 0 Å². The molecule has 0 rings (SSSR count). The molecule has 10 heavy (non-hydrogen) atoms. The Balaban J connectivity index is -0.000000320. The van der Waals surface area contributed by atoms with Crippen molar-refractivity contribution in [1.82, 2.24) is 0 Å². The zero-order valence-electron chi connectivity index (χ0n) is 8.65. The SMILES string of the molecule is CCCCCCOCC.[H-].[Na+]. The van der Waals surface area contributed by atoms with Gasteiger partial charge in [-0.1, -0.05) is 26.2 Å². The molecule has 1 nitrogen and oxygen atoms in total. The normalized spacial score (nSPS) is 9.00. The van der Waals surface area contributed by atoms with Crippen LogP contribution in [0.3, 0.4) is 0 Å². The summed E-state index contributed by atoms with van der Waals surface area (Å²) in [7, 11) is 0. The largest absolute Gasteiger partial charge is 1.00 e. The summed E-state index contributed by atoms with van der Waals surface area (Å²) in [6.45, 7) is 6.09. The predicted octanol–water partition coefficient (Wildman–Crippen LogP) is -0.280. The number of hydrogen-bond acceptors (Lipinski definition) is 1. The first-order valence-corrected chi connectivity index (χ1v) is 3.99. The molecule has 0 atom stereocenters. The van der Waals surface area contributed by atoms with Crippen molar-refractivity contribution in [2.45, 2.75) is 39.5 Å². The molecule has 58 valence electrons. The Bertz CT molecular complexity index is 47.4. The van der Waals surface area contributed by atoms with Crippen molar-refractivity contribution < 1.29 is 35.7 Å². The molecule has 0 spiro atoms. The Morgan fingerprint density at radius 2 is 1.80 bits per heavy atom. The smallest absolute Gasteiger partial charge is 1.00 e. The minimum atomic E-state index is 0. The fourth-order valence-electron chi connectivity index (χ4n) is 0.775. The van der Waals surface area contributed by atoms with E-state index in [0.717, 1.165) is 13.2 Å². The van der Waals surface area contributed by atoms with E-state index in [1.807, 2.05) is 6.92 Å². The predicted molar refractivity (Wildman–Crippen MR) is 41.7 cm³/mol. The van der Waals surface area contributed by atoms with Gasteiger partial charge in [-0.05, 0) is 13.3 Å². The molecule has 0 amide bonds. The Labute approximate surface area is 88.3 Å². The van der Waals surface area contributed by atoms with Crippen LogP contribution in [0.1, 0.15) is 41.0 Å². The second-order valence-electron chi connectivity index (χ2n) is 2.26. The third-order valence-electron chi connectivity index (χ3n) is 1.35. The standard InChI is InChI=1S/C8H18O.Na.H/c1-3-5-6-7-8-9-4-2;;/h3-8H2,1-2H3;;/q;+1;-1. The van der Waals surface area contributed by atoms with Gasteiger partial charge in [0.1, 0.15) is 0 Å². The molecule has 0 aliphatic rings. The summed E-state index contributed by atoms with van der Waals surface area (Å²) in [6, 6.07) is 0. The summed E-state index contributed by atoms with van der Waals surface area (Å²) >= 11 is 0. The first-order chi connectivity index (χ1) is 4.41. The van der Waals surface area contributed by atoms with Crippen LogP contribution in [-0.2, 0) is 4.74 Å². The molecule has 0 bridgehead atoms. The zero-order valence-corrected chi connectivity index (χ0v) is 9.65. The molecule has 0 aromatic rings. The van der Waals surface area contributed by atoms with Crippen LogP contribution < -0.4 is 29.6 Å². The quantitative estimate of drug-likeness (QED) is 0.378. The van der Waals surface area contributed by atoms with Crippen LogP contribution in [0.25, 0.3) is 0 Å². The molecule has 0 aliphatic heterocycles. The minimum absolute atomic E-state index is 0. The van der Waals surface area contributed by atoms with Gasteiger partial charge in [0, 0.05) is 13.2 Å². The van der Waals surface area contributed by atoms with E-state index in [1.54, 1.807) is 0 Å². The fraction of sp³-hybridized carbons (Fsp3) is 1.00.